The maximum atomic E-state index is 3.53. The lowest BCUT2D eigenvalue weighted by Gasteiger charge is -2.35. The Morgan fingerprint density at radius 2 is 2.06 bits per heavy atom. The van der Waals surface area contributed by atoms with Gasteiger partial charge in [0.2, 0.25) is 0 Å². The van der Waals surface area contributed by atoms with Gasteiger partial charge in [0.15, 0.2) is 0 Å². The van der Waals surface area contributed by atoms with Crippen molar-refractivity contribution in [1.29, 1.82) is 0 Å². The van der Waals surface area contributed by atoms with Gasteiger partial charge < -0.3 is 5.32 Å². The fraction of sp³-hybridized carbons (Fsp3) is 0.625. The van der Waals surface area contributed by atoms with E-state index in [-0.39, 0.29) is 0 Å². The molecule has 92 valence electrons. The molecule has 1 N–H and O–H groups in total. The normalized spacial score (nSPS) is 24.6. The Kier molecular flexibility index (Phi) is 3.19. The van der Waals surface area contributed by atoms with E-state index >= 15 is 0 Å². The Morgan fingerprint density at radius 3 is 2.71 bits per heavy atom. The first kappa shape index (κ1) is 11.3. The van der Waals surface area contributed by atoms with Crippen LogP contribution in [0.25, 0.3) is 0 Å². The first-order valence-electron chi connectivity index (χ1n) is 7.12. The fourth-order valence-electron chi connectivity index (χ4n) is 3.38. The molecule has 3 rings (SSSR count). The molecule has 1 aromatic carbocycles. The number of rotatable bonds is 5. The van der Waals surface area contributed by atoms with Gasteiger partial charge in [-0.1, -0.05) is 43.5 Å². The zero-order valence-electron chi connectivity index (χ0n) is 10.8. The molecule has 0 heterocycles. The molecule has 1 saturated carbocycles. The molecule has 1 nitrogen and oxygen atoms in total. The van der Waals surface area contributed by atoms with Crippen molar-refractivity contribution < 1.29 is 0 Å². The molecule has 2 aliphatic rings. The molecule has 1 aromatic rings. The van der Waals surface area contributed by atoms with Gasteiger partial charge in [0.25, 0.3) is 0 Å². The summed E-state index contributed by atoms with van der Waals surface area (Å²) < 4.78 is 0. The summed E-state index contributed by atoms with van der Waals surface area (Å²) in [5.74, 6) is 1.84. The molecule has 1 heteroatoms. The summed E-state index contributed by atoms with van der Waals surface area (Å²) in [6, 6.07) is 9.69. The predicted molar refractivity (Wildman–Crippen MR) is 72.3 cm³/mol. The predicted octanol–water partition coefficient (Wildman–Crippen LogP) is 3.49. The lowest BCUT2D eigenvalue weighted by molar-refractivity contribution is 0.251. The van der Waals surface area contributed by atoms with Crippen LogP contribution in [-0.2, 0) is 6.42 Å². The number of fused-ring (bicyclic) bond motifs is 1. The maximum Gasteiger partial charge on any atom is 0.00726 e. The standard InChI is InChI=1S/C16H23N/c1-17-15(9-12-5-4-6-12)11-14-10-13-7-2-3-8-16(13)14/h2-3,7-8,12,14-15,17H,4-6,9-11H2,1H3. The van der Waals surface area contributed by atoms with Crippen molar-refractivity contribution in [1.82, 2.24) is 5.32 Å². The van der Waals surface area contributed by atoms with Gasteiger partial charge in [0.1, 0.15) is 0 Å². The third-order valence-corrected chi connectivity index (χ3v) is 4.78. The van der Waals surface area contributed by atoms with Gasteiger partial charge >= 0.3 is 0 Å². The second-order valence-corrected chi connectivity index (χ2v) is 5.85. The molecule has 17 heavy (non-hydrogen) atoms. The Balaban J connectivity index is 1.56. The molecule has 0 amide bonds. The van der Waals surface area contributed by atoms with E-state index in [1.165, 1.54) is 38.5 Å². The van der Waals surface area contributed by atoms with Crippen LogP contribution in [0, 0.1) is 5.92 Å². The zero-order chi connectivity index (χ0) is 11.7. The second kappa shape index (κ2) is 4.81. The van der Waals surface area contributed by atoms with Crippen LogP contribution in [0.4, 0.5) is 0 Å². The molecule has 0 aromatic heterocycles. The Labute approximate surface area is 105 Å². The molecule has 2 unspecified atom stereocenters. The third-order valence-electron chi connectivity index (χ3n) is 4.78. The highest BCUT2D eigenvalue weighted by molar-refractivity contribution is 5.39. The number of hydrogen-bond acceptors (Lipinski definition) is 1. The average Bonchev–Trinajstić information content (AvgIpc) is 2.27. The van der Waals surface area contributed by atoms with Crippen LogP contribution in [0.15, 0.2) is 24.3 Å². The van der Waals surface area contributed by atoms with E-state index in [2.05, 4.69) is 36.6 Å². The molecule has 0 spiro atoms. The Morgan fingerprint density at radius 1 is 1.24 bits per heavy atom. The zero-order valence-corrected chi connectivity index (χ0v) is 10.8. The summed E-state index contributed by atoms with van der Waals surface area (Å²) in [5.41, 5.74) is 3.19. The summed E-state index contributed by atoms with van der Waals surface area (Å²) >= 11 is 0. The molecule has 0 radical (unpaired) electrons. The number of benzene rings is 1. The highest BCUT2D eigenvalue weighted by Crippen LogP contribution is 2.40. The molecular weight excluding hydrogens is 206 g/mol. The Hall–Kier alpha value is -0.820. The van der Waals surface area contributed by atoms with Crippen LogP contribution < -0.4 is 5.32 Å². The number of nitrogens with one attached hydrogen (secondary N) is 1. The van der Waals surface area contributed by atoms with Crippen LogP contribution in [0.2, 0.25) is 0 Å². The van der Waals surface area contributed by atoms with E-state index < -0.39 is 0 Å². The van der Waals surface area contributed by atoms with Gasteiger partial charge in [-0.3, -0.25) is 0 Å². The highest BCUT2D eigenvalue weighted by Gasteiger charge is 2.29. The molecule has 1 fully saturated rings. The summed E-state index contributed by atoms with van der Waals surface area (Å²) in [4.78, 5) is 0. The second-order valence-electron chi connectivity index (χ2n) is 5.85. The van der Waals surface area contributed by atoms with Crippen LogP contribution in [0.5, 0.6) is 0 Å². The van der Waals surface area contributed by atoms with Crippen molar-refractivity contribution in [2.75, 3.05) is 7.05 Å². The van der Waals surface area contributed by atoms with Crippen molar-refractivity contribution in [2.24, 2.45) is 5.92 Å². The molecule has 2 atom stereocenters. The molecule has 0 aliphatic heterocycles. The smallest absolute Gasteiger partial charge is 0.00726 e. The molecule has 2 aliphatic carbocycles. The van der Waals surface area contributed by atoms with Gasteiger partial charge in [0, 0.05) is 6.04 Å². The van der Waals surface area contributed by atoms with E-state index in [1.54, 1.807) is 11.1 Å². The van der Waals surface area contributed by atoms with Gasteiger partial charge in [-0.2, -0.15) is 0 Å². The highest BCUT2D eigenvalue weighted by atomic mass is 14.9. The summed E-state index contributed by atoms with van der Waals surface area (Å²) in [6.45, 7) is 0. The van der Waals surface area contributed by atoms with E-state index in [1.807, 2.05) is 0 Å². The van der Waals surface area contributed by atoms with Crippen molar-refractivity contribution in [3.63, 3.8) is 0 Å². The molecule has 0 saturated heterocycles. The minimum Gasteiger partial charge on any atom is -0.317 e. The van der Waals surface area contributed by atoms with Crippen molar-refractivity contribution >= 4 is 0 Å². The summed E-state index contributed by atoms with van der Waals surface area (Å²) in [6.07, 6.45) is 8.45. The quantitative estimate of drug-likeness (QED) is 0.815. The van der Waals surface area contributed by atoms with Gasteiger partial charge in [-0.15, -0.1) is 0 Å². The SMILES string of the molecule is CNC(CC1CCC1)CC1Cc2ccccc21. The van der Waals surface area contributed by atoms with Crippen molar-refractivity contribution in [3.8, 4) is 0 Å². The summed E-state index contributed by atoms with van der Waals surface area (Å²) in [7, 11) is 2.13. The molecule has 0 bridgehead atoms. The monoisotopic (exact) mass is 229 g/mol. The van der Waals surface area contributed by atoms with Gasteiger partial charge in [-0.05, 0) is 49.3 Å². The number of hydrogen-bond donors (Lipinski definition) is 1. The lowest BCUT2D eigenvalue weighted by Crippen LogP contribution is -2.33. The van der Waals surface area contributed by atoms with Crippen molar-refractivity contribution in [3.05, 3.63) is 35.4 Å². The minimum absolute atomic E-state index is 0.735. The van der Waals surface area contributed by atoms with Crippen LogP contribution in [-0.4, -0.2) is 13.1 Å². The van der Waals surface area contributed by atoms with E-state index in [4.69, 9.17) is 0 Å². The lowest BCUT2D eigenvalue weighted by atomic mass is 9.72. The first-order chi connectivity index (χ1) is 8.36. The topological polar surface area (TPSA) is 12.0 Å². The van der Waals surface area contributed by atoms with Crippen LogP contribution in [0.1, 0.15) is 49.1 Å². The summed E-state index contributed by atoms with van der Waals surface area (Å²) in [5, 5.41) is 3.53. The van der Waals surface area contributed by atoms with E-state index in [0.717, 1.165) is 17.9 Å². The average molecular weight is 229 g/mol. The van der Waals surface area contributed by atoms with Crippen LogP contribution in [0.3, 0.4) is 0 Å². The fourth-order valence-corrected chi connectivity index (χ4v) is 3.38. The largest absolute Gasteiger partial charge is 0.317 e. The van der Waals surface area contributed by atoms with E-state index in [9.17, 15) is 0 Å². The van der Waals surface area contributed by atoms with Crippen molar-refractivity contribution in [2.45, 2.75) is 50.5 Å². The molecular formula is C16H23N. The third kappa shape index (κ3) is 2.26. The van der Waals surface area contributed by atoms with Gasteiger partial charge in [0.05, 0.1) is 0 Å². The van der Waals surface area contributed by atoms with Crippen LogP contribution >= 0.6 is 0 Å². The minimum atomic E-state index is 0.735. The van der Waals surface area contributed by atoms with E-state index in [0.29, 0.717) is 0 Å². The van der Waals surface area contributed by atoms with Gasteiger partial charge in [-0.25, -0.2) is 0 Å². The first-order valence-corrected chi connectivity index (χ1v) is 7.12. The Bertz CT molecular complexity index is 381. The maximum absolute atomic E-state index is 3.53.